The van der Waals surface area contributed by atoms with Gasteiger partial charge in [0, 0.05) is 5.39 Å². The molecule has 0 radical (unpaired) electrons. The van der Waals surface area contributed by atoms with Crippen molar-refractivity contribution in [2.24, 2.45) is 0 Å². The second kappa shape index (κ2) is 4.79. The molecule has 1 aromatic heterocycles. The average Bonchev–Trinajstić information content (AvgIpc) is 2.73. The minimum atomic E-state index is -0.408. The van der Waals surface area contributed by atoms with E-state index in [1.807, 2.05) is 24.3 Å². The van der Waals surface area contributed by atoms with E-state index in [-0.39, 0.29) is 0 Å². The first-order valence-electron chi connectivity index (χ1n) is 5.43. The fourth-order valence-electron chi connectivity index (χ4n) is 1.48. The van der Waals surface area contributed by atoms with Crippen molar-refractivity contribution in [1.29, 1.82) is 0 Å². The van der Waals surface area contributed by atoms with Crippen LogP contribution in [0.3, 0.4) is 0 Å². The van der Waals surface area contributed by atoms with E-state index in [0.717, 1.165) is 23.7 Å². The summed E-state index contributed by atoms with van der Waals surface area (Å²) in [4.78, 5) is 11.7. The van der Waals surface area contributed by atoms with Crippen molar-refractivity contribution in [2.45, 2.75) is 19.8 Å². The zero-order valence-corrected chi connectivity index (χ0v) is 9.22. The Morgan fingerprint density at radius 2 is 2.25 bits per heavy atom. The molecule has 0 bridgehead atoms. The molecule has 0 N–H and O–H groups in total. The molecule has 0 aliphatic rings. The Balaban J connectivity index is 2.17. The van der Waals surface area contributed by atoms with Crippen LogP contribution in [0.4, 0.5) is 4.79 Å². The van der Waals surface area contributed by atoms with E-state index in [1.165, 1.54) is 4.68 Å². The Hall–Kier alpha value is -1.84. The predicted octanol–water partition coefficient (Wildman–Crippen LogP) is 2.82. The number of unbranched alkanes of at least 4 members (excludes halogenated alkanes) is 1. The molecular formula is C12H14N2O2. The highest BCUT2D eigenvalue weighted by Gasteiger charge is 2.10. The summed E-state index contributed by atoms with van der Waals surface area (Å²) >= 11 is 0. The molecule has 0 aliphatic heterocycles. The van der Waals surface area contributed by atoms with E-state index in [9.17, 15) is 4.79 Å². The van der Waals surface area contributed by atoms with Gasteiger partial charge in [0.2, 0.25) is 0 Å². The van der Waals surface area contributed by atoms with Crippen LogP contribution in [0.15, 0.2) is 30.5 Å². The molecule has 0 aliphatic carbocycles. The van der Waals surface area contributed by atoms with Crippen LogP contribution in [-0.4, -0.2) is 22.5 Å². The summed E-state index contributed by atoms with van der Waals surface area (Å²) in [5.74, 6) is 0. The normalized spacial score (nSPS) is 10.6. The predicted molar refractivity (Wildman–Crippen MR) is 61.4 cm³/mol. The lowest BCUT2D eigenvalue weighted by atomic mass is 10.3. The summed E-state index contributed by atoms with van der Waals surface area (Å²) in [7, 11) is 0. The summed E-state index contributed by atoms with van der Waals surface area (Å²) in [6.45, 7) is 2.50. The van der Waals surface area contributed by atoms with E-state index < -0.39 is 6.09 Å². The maximum absolute atomic E-state index is 11.7. The third-order valence-electron chi connectivity index (χ3n) is 2.37. The van der Waals surface area contributed by atoms with Gasteiger partial charge in [-0.25, -0.2) is 4.79 Å². The molecule has 4 nitrogen and oxygen atoms in total. The molecule has 1 aromatic carbocycles. The lowest BCUT2D eigenvalue weighted by molar-refractivity contribution is 0.144. The van der Waals surface area contributed by atoms with Gasteiger partial charge in [0.1, 0.15) is 0 Å². The van der Waals surface area contributed by atoms with E-state index in [2.05, 4.69) is 12.0 Å². The summed E-state index contributed by atoms with van der Waals surface area (Å²) in [6.07, 6.45) is 3.14. The second-order valence-corrected chi connectivity index (χ2v) is 3.58. The van der Waals surface area contributed by atoms with E-state index in [0.29, 0.717) is 6.61 Å². The maximum Gasteiger partial charge on any atom is 0.435 e. The van der Waals surface area contributed by atoms with Crippen LogP contribution in [0.1, 0.15) is 19.8 Å². The van der Waals surface area contributed by atoms with Gasteiger partial charge in [-0.2, -0.15) is 9.78 Å². The largest absolute Gasteiger partial charge is 0.448 e. The molecule has 16 heavy (non-hydrogen) atoms. The molecule has 84 valence electrons. The van der Waals surface area contributed by atoms with Gasteiger partial charge in [0.25, 0.3) is 0 Å². The number of rotatable bonds is 3. The average molecular weight is 218 g/mol. The molecule has 0 saturated carbocycles. The van der Waals surface area contributed by atoms with Gasteiger partial charge in [0.05, 0.1) is 18.3 Å². The number of hydrogen-bond acceptors (Lipinski definition) is 3. The van der Waals surface area contributed by atoms with Crippen LogP contribution >= 0.6 is 0 Å². The molecule has 0 unspecified atom stereocenters. The van der Waals surface area contributed by atoms with E-state index >= 15 is 0 Å². The highest BCUT2D eigenvalue weighted by Crippen LogP contribution is 2.12. The molecular weight excluding hydrogens is 204 g/mol. The van der Waals surface area contributed by atoms with Crippen LogP contribution in [0, 0.1) is 0 Å². The second-order valence-electron chi connectivity index (χ2n) is 3.58. The third-order valence-corrected chi connectivity index (χ3v) is 2.37. The zero-order chi connectivity index (χ0) is 11.4. The number of carbonyl (C=O) groups excluding carboxylic acids is 1. The van der Waals surface area contributed by atoms with E-state index in [4.69, 9.17) is 4.74 Å². The first-order chi connectivity index (χ1) is 7.83. The highest BCUT2D eigenvalue weighted by molar-refractivity contribution is 5.87. The monoisotopic (exact) mass is 218 g/mol. The fourth-order valence-corrected chi connectivity index (χ4v) is 1.48. The van der Waals surface area contributed by atoms with Crippen molar-refractivity contribution in [3.05, 3.63) is 30.5 Å². The Bertz CT molecular complexity index is 490. The number of carbonyl (C=O) groups is 1. The standard InChI is InChI=1S/C12H14N2O2/c1-2-3-8-16-12(15)14-11-7-5-4-6-10(11)9-13-14/h4-7,9H,2-3,8H2,1H3. The van der Waals surface area contributed by atoms with Gasteiger partial charge in [-0.15, -0.1) is 0 Å². The SMILES string of the molecule is CCCCOC(=O)n1ncc2ccccc21. The number of fused-ring (bicyclic) bond motifs is 1. The van der Waals surface area contributed by atoms with Crippen molar-refractivity contribution in [3.63, 3.8) is 0 Å². The molecule has 0 amide bonds. The topological polar surface area (TPSA) is 44.1 Å². The van der Waals surface area contributed by atoms with Crippen molar-refractivity contribution in [3.8, 4) is 0 Å². The lowest BCUT2D eigenvalue weighted by Crippen LogP contribution is -2.15. The minimum Gasteiger partial charge on any atom is -0.448 e. The quantitative estimate of drug-likeness (QED) is 0.744. The van der Waals surface area contributed by atoms with Crippen LogP contribution in [0.25, 0.3) is 10.9 Å². The lowest BCUT2D eigenvalue weighted by Gasteiger charge is -2.03. The van der Waals surface area contributed by atoms with Crippen molar-refractivity contribution >= 4 is 17.0 Å². The van der Waals surface area contributed by atoms with Crippen molar-refractivity contribution < 1.29 is 9.53 Å². The van der Waals surface area contributed by atoms with Gasteiger partial charge in [-0.05, 0) is 12.5 Å². The fraction of sp³-hybridized carbons (Fsp3) is 0.333. The number of benzene rings is 1. The van der Waals surface area contributed by atoms with Gasteiger partial charge < -0.3 is 4.74 Å². The number of ether oxygens (including phenoxy) is 1. The zero-order valence-electron chi connectivity index (χ0n) is 9.22. The number of aromatic nitrogens is 2. The highest BCUT2D eigenvalue weighted by atomic mass is 16.6. The van der Waals surface area contributed by atoms with Gasteiger partial charge in [-0.3, -0.25) is 0 Å². The van der Waals surface area contributed by atoms with Crippen LogP contribution in [0.5, 0.6) is 0 Å². The Morgan fingerprint density at radius 3 is 3.06 bits per heavy atom. The molecule has 0 saturated heterocycles. The molecule has 2 rings (SSSR count). The van der Waals surface area contributed by atoms with Gasteiger partial charge in [-0.1, -0.05) is 31.5 Å². The Labute approximate surface area is 93.8 Å². The number of nitrogens with zero attached hydrogens (tertiary/aromatic N) is 2. The summed E-state index contributed by atoms with van der Waals surface area (Å²) in [5, 5.41) is 4.96. The molecule has 2 aromatic rings. The van der Waals surface area contributed by atoms with Crippen molar-refractivity contribution in [2.75, 3.05) is 6.61 Å². The maximum atomic E-state index is 11.7. The van der Waals surface area contributed by atoms with Gasteiger partial charge in [0.15, 0.2) is 0 Å². The number of hydrogen-bond donors (Lipinski definition) is 0. The van der Waals surface area contributed by atoms with Crippen LogP contribution in [-0.2, 0) is 4.74 Å². The van der Waals surface area contributed by atoms with Crippen LogP contribution < -0.4 is 0 Å². The van der Waals surface area contributed by atoms with Crippen molar-refractivity contribution in [1.82, 2.24) is 9.78 Å². The Morgan fingerprint density at radius 1 is 1.44 bits per heavy atom. The first-order valence-corrected chi connectivity index (χ1v) is 5.43. The molecule has 0 spiro atoms. The van der Waals surface area contributed by atoms with Gasteiger partial charge >= 0.3 is 6.09 Å². The number of para-hydroxylation sites is 1. The third kappa shape index (κ3) is 2.05. The molecule has 0 fully saturated rings. The van der Waals surface area contributed by atoms with E-state index in [1.54, 1.807) is 6.20 Å². The first kappa shape index (κ1) is 10.7. The van der Waals surface area contributed by atoms with Crippen LogP contribution in [0.2, 0.25) is 0 Å². The summed E-state index contributed by atoms with van der Waals surface area (Å²) in [6, 6.07) is 7.55. The minimum absolute atomic E-state index is 0.408. The smallest absolute Gasteiger partial charge is 0.435 e. The molecule has 0 atom stereocenters. The Kier molecular flexibility index (Phi) is 3.19. The summed E-state index contributed by atoms with van der Waals surface area (Å²) in [5.41, 5.74) is 0.781. The molecule has 1 heterocycles. The summed E-state index contributed by atoms with van der Waals surface area (Å²) < 4.78 is 6.39. The molecule has 4 heteroatoms.